The number of aromatic nitrogens is 6. The molecule has 14 rings (SSSR count). The number of aryl methyl sites for hydroxylation is 2. The molecule has 2 unspecified atom stereocenters. The van der Waals surface area contributed by atoms with E-state index in [-0.39, 0.29) is 47.8 Å². The van der Waals surface area contributed by atoms with E-state index in [2.05, 4.69) is 40.0 Å². The largest absolute Gasteiger partial charge is 0.438 e. The van der Waals surface area contributed by atoms with Gasteiger partial charge in [-0.3, -0.25) is 19.5 Å². The standard InChI is InChI=1S/C34H43N7O5.C34H42N6O6/c1-22-19-23(20-27-30(22)37-32(43)35-27)21-29(31(42)39-15-9-24(10-16-39)38-13-5-2-6-14-38)46-34(45)40-17-11-25(12-18-40)41-28-8-4-3-7-26(28)36-33(41)44;1-22-19-23(20-27-29(22)37-31(42)35-27)21-28(30(41)39-15-9-24(10-16-39)38-13-5-2-6-14-38)45-33(44)40-17-11-34(12-18-40)25-7-3-4-8-26(25)36-32(43)46-34/h3-4,7-8,19-20,24-25,29H,2,5-6,9-18,21H2,1H3,(H,36,44)(H2,35,37,43);3-4,7-8,19-20,24,28H,2,5-6,9-18,21H2,1H3,(H,36,43)(H2,35,37,42). The van der Waals surface area contributed by atoms with Crippen molar-refractivity contribution >= 4 is 68.9 Å². The Morgan fingerprint density at radius 2 is 0.967 bits per heavy atom. The van der Waals surface area contributed by atoms with Gasteiger partial charge < -0.3 is 68.5 Å². The summed E-state index contributed by atoms with van der Waals surface area (Å²) in [6.45, 7) is 12.3. The number of likely N-dealkylation sites (tertiary alicyclic amines) is 6. The van der Waals surface area contributed by atoms with Gasteiger partial charge in [0.1, 0.15) is 5.60 Å². The lowest BCUT2D eigenvalue weighted by atomic mass is 9.82. The van der Waals surface area contributed by atoms with Crippen molar-refractivity contribution in [3.63, 3.8) is 0 Å². The second kappa shape index (κ2) is 26.9. The SMILES string of the molecule is Cc1cc(CC(OC(=O)N2CCC(n3c(=O)[nH]c4ccccc43)CC2)C(=O)N2CCC(N3CCCCC3)CC2)cc2[nH]c(=O)[nH]c12.Cc1cc(CC(OC(=O)N2CCC3(CC2)OC(=O)Nc2ccccc23)C(=O)N2CCC(N3CCCCC3)CC2)cc2[nH]c(=O)[nH]c12. The first-order valence-electron chi connectivity index (χ1n) is 33.3. The smallest absolute Gasteiger partial charge is 0.412 e. The Labute approximate surface area is 532 Å². The van der Waals surface area contributed by atoms with E-state index in [9.17, 15) is 38.4 Å². The van der Waals surface area contributed by atoms with Crippen LogP contribution in [-0.2, 0) is 42.2 Å². The highest BCUT2D eigenvalue weighted by Crippen LogP contribution is 2.44. The van der Waals surface area contributed by atoms with E-state index < -0.39 is 36.1 Å². The monoisotopic (exact) mass is 1260 g/mol. The van der Waals surface area contributed by atoms with Crippen LogP contribution in [0.15, 0.2) is 87.2 Å². The third-order valence-corrected chi connectivity index (χ3v) is 20.5. The highest BCUT2D eigenvalue weighted by molar-refractivity contribution is 5.89. The molecule has 7 aliphatic rings. The molecule has 7 aliphatic heterocycles. The quantitative estimate of drug-likeness (QED) is 0.0673. The van der Waals surface area contributed by atoms with Crippen LogP contribution in [0.2, 0.25) is 0 Å². The van der Waals surface area contributed by atoms with Gasteiger partial charge in [-0.2, -0.15) is 0 Å². The van der Waals surface area contributed by atoms with E-state index in [1.165, 1.54) is 38.5 Å². The third-order valence-electron chi connectivity index (χ3n) is 20.5. The van der Waals surface area contributed by atoms with E-state index in [1.54, 1.807) is 14.4 Å². The van der Waals surface area contributed by atoms with E-state index in [0.717, 1.165) is 107 Å². The molecule has 488 valence electrons. The van der Waals surface area contributed by atoms with Crippen molar-refractivity contribution in [1.29, 1.82) is 0 Å². The number of benzene rings is 4. The van der Waals surface area contributed by atoms with Gasteiger partial charge in [0, 0.05) is 102 Å². The number of para-hydroxylation sites is 3. The van der Waals surface area contributed by atoms with Gasteiger partial charge in [-0.15, -0.1) is 0 Å². The van der Waals surface area contributed by atoms with Crippen LogP contribution in [0.25, 0.3) is 33.1 Å². The molecule has 24 nitrogen and oxygen atoms in total. The molecule has 24 heteroatoms. The molecule has 0 saturated carbocycles. The molecule has 6 fully saturated rings. The van der Waals surface area contributed by atoms with Crippen molar-refractivity contribution in [3.8, 4) is 0 Å². The topological polar surface area (TPSA) is 280 Å². The van der Waals surface area contributed by atoms with Gasteiger partial charge in [0.15, 0.2) is 12.2 Å². The number of aromatic amines is 5. The Balaban J connectivity index is 0.000000168. The maximum atomic E-state index is 14.1. The predicted molar refractivity (Wildman–Crippen MR) is 347 cm³/mol. The zero-order chi connectivity index (χ0) is 63.6. The highest BCUT2D eigenvalue weighted by Gasteiger charge is 2.46. The summed E-state index contributed by atoms with van der Waals surface area (Å²) in [6, 6.07) is 23.7. The summed E-state index contributed by atoms with van der Waals surface area (Å²) in [6.07, 6.45) is 10.1. The summed E-state index contributed by atoms with van der Waals surface area (Å²) in [5.41, 5.74) is 7.84. The lowest BCUT2D eigenvalue weighted by Crippen LogP contribution is -2.53. The van der Waals surface area contributed by atoms with Crippen LogP contribution in [0, 0.1) is 13.8 Å². The molecular formula is C68H85N13O11. The van der Waals surface area contributed by atoms with Crippen molar-refractivity contribution < 1.29 is 38.2 Å². The number of amides is 5. The average molecular weight is 1260 g/mol. The minimum absolute atomic E-state index is 0.0375. The molecule has 1 spiro atoms. The maximum Gasteiger partial charge on any atom is 0.412 e. The van der Waals surface area contributed by atoms with Crippen molar-refractivity contribution in [3.05, 3.63) is 132 Å². The number of hydrogen-bond acceptors (Lipinski definition) is 13. The number of rotatable bonds is 11. The fourth-order valence-electron chi connectivity index (χ4n) is 15.6. The molecule has 0 aliphatic carbocycles. The van der Waals surface area contributed by atoms with E-state index in [0.29, 0.717) is 101 Å². The normalized spacial score (nSPS) is 20.3. The first kappa shape index (κ1) is 62.2. The number of hydrogen-bond donors (Lipinski definition) is 6. The number of carbonyl (C=O) groups is 5. The summed E-state index contributed by atoms with van der Waals surface area (Å²) in [5, 5.41) is 2.76. The maximum absolute atomic E-state index is 14.1. The Kier molecular flexibility index (Phi) is 18.2. The number of piperidine rings is 6. The van der Waals surface area contributed by atoms with Gasteiger partial charge in [-0.25, -0.2) is 28.8 Å². The van der Waals surface area contributed by atoms with Crippen LogP contribution in [-0.4, -0.2) is 192 Å². The van der Waals surface area contributed by atoms with Crippen LogP contribution in [0.1, 0.15) is 124 Å². The molecular weight excluding hydrogens is 1170 g/mol. The molecule has 7 aromatic rings. The summed E-state index contributed by atoms with van der Waals surface area (Å²) in [4.78, 5) is 131. The molecule has 4 aromatic carbocycles. The minimum atomic E-state index is -1.02. The number of nitrogens with zero attached hydrogens (tertiary/aromatic N) is 7. The predicted octanol–water partition coefficient (Wildman–Crippen LogP) is 7.91. The first-order valence-corrected chi connectivity index (χ1v) is 33.3. The molecule has 0 radical (unpaired) electrons. The van der Waals surface area contributed by atoms with Crippen molar-refractivity contribution in [2.24, 2.45) is 0 Å². The number of ether oxygens (including phenoxy) is 3. The second-order valence-electron chi connectivity index (χ2n) is 26.4. The van der Waals surface area contributed by atoms with Crippen molar-refractivity contribution in [1.82, 2.24) is 58.9 Å². The molecule has 3 aromatic heterocycles. The number of anilines is 1. The van der Waals surface area contributed by atoms with E-state index in [4.69, 9.17) is 14.2 Å². The van der Waals surface area contributed by atoms with Crippen LogP contribution in [0.3, 0.4) is 0 Å². The Bertz CT molecular complexity index is 4020. The Morgan fingerprint density at radius 1 is 0.511 bits per heavy atom. The molecule has 2 atom stereocenters. The zero-order valence-corrected chi connectivity index (χ0v) is 52.7. The van der Waals surface area contributed by atoms with Gasteiger partial charge in [0.25, 0.3) is 11.8 Å². The second-order valence-corrected chi connectivity index (χ2v) is 26.4. The van der Waals surface area contributed by atoms with Crippen LogP contribution < -0.4 is 22.4 Å². The minimum Gasteiger partial charge on any atom is -0.438 e. The van der Waals surface area contributed by atoms with Crippen LogP contribution in [0.5, 0.6) is 0 Å². The molecule has 6 saturated heterocycles. The van der Waals surface area contributed by atoms with E-state index >= 15 is 0 Å². The van der Waals surface area contributed by atoms with Gasteiger partial charge in [0.2, 0.25) is 0 Å². The fourth-order valence-corrected chi connectivity index (χ4v) is 15.6. The van der Waals surface area contributed by atoms with Gasteiger partial charge in [-0.05, 0) is 157 Å². The summed E-state index contributed by atoms with van der Waals surface area (Å²) >= 11 is 0. The van der Waals surface area contributed by atoms with Gasteiger partial charge >= 0.3 is 35.3 Å². The van der Waals surface area contributed by atoms with Crippen LogP contribution in [0.4, 0.5) is 20.1 Å². The molecule has 10 heterocycles. The van der Waals surface area contributed by atoms with Crippen molar-refractivity contribution in [2.45, 2.75) is 153 Å². The summed E-state index contributed by atoms with van der Waals surface area (Å²) in [5.74, 6) is -0.369. The summed E-state index contributed by atoms with van der Waals surface area (Å²) in [7, 11) is 0. The zero-order valence-electron chi connectivity index (χ0n) is 52.7. The number of fused-ring (bicyclic) bond motifs is 5. The fraction of sp³-hybridized carbons (Fsp3) is 0.529. The lowest BCUT2D eigenvalue weighted by Gasteiger charge is -2.44. The van der Waals surface area contributed by atoms with E-state index in [1.807, 2.05) is 96.4 Å². The molecule has 5 amide bonds. The lowest BCUT2D eigenvalue weighted by molar-refractivity contribution is -0.143. The number of imidazole rings is 3. The summed E-state index contributed by atoms with van der Waals surface area (Å²) < 4.78 is 19.7. The first-order chi connectivity index (χ1) is 44.6. The van der Waals surface area contributed by atoms with Crippen molar-refractivity contribution in [2.75, 3.05) is 83.9 Å². The van der Waals surface area contributed by atoms with Gasteiger partial charge in [0.05, 0.1) is 38.8 Å². The molecule has 6 N–H and O–H groups in total. The number of nitrogens with one attached hydrogen (secondary N) is 6. The van der Waals surface area contributed by atoms with Crippen LogP contribution >= 0.6 is 0 Å². The highest BCUT2D eigenvalue weighted by atomic mass is 16.6. The Hall–Kier alpha value is -8.64. The molecule has 92 heavy (non-hydrogen) atoms. The Morgan fingerprint density at radius 3 is 1.49 bits per heavy atom. The number of carbonyl (C=O) groups excluding carboxylic acids is 5. The number of H-pyrrole nitrogens is 5. The third kappa shape index (κ3) is 13.4. The average Bonchev–Trinajstić information content (AvgIpc) is 1.02. The van der Waals surface area contributed by atoms with Gasteiger partial charge in [-0.1, -0.05) is 55.3 Å². The molecule has 0 bridgehead atoms.